The van der Waals surface area contributed by atoms with Gasteiger partial charge in [-0.1, -0.05) is 27.2 Å². The van der Waals surface area contributed by atoms with Crippen molar-refractivity contribution in [3.8, 4) is 0 Å². The maximum Gasteiger partial charge on any atom is 0.303 e. The van der Waals surface area contributed by atoms with Crippen LogP contribution >= 0.6 is 0 Å². The quantitative estimate of drug-likeness (QED) is 0.667. The molecule has 66 valence electrons. The van der Waals surface area contributed by atoms with E-state index in [9.17, 15) is 4.79 Å². The minimum atomic E-state index is -0.669. The van der Waals surface area contributed by atoms with Crippen LogP contribution in [-0.2, 0) is 4.79 Å². The van der Waals surface area contributed by atoms with Gasteiger partial charge in [0.1, 0.15) is 0 Å². The molecule has 0 aromatic carbocycles. The van der Waals surface area contributed by atoms with E-state index in [0.29, 0.717) is 18.3 Å². The van der Waals surface area contributed by atoms with Crippen LogP contribution in [0.15, 0.2) is 0 Å². The molecule has 0 aliphatic rings. The number of carbonyl (C=O) groups is 1. The van der Waals surface area contributed by atoms with E-state index in [4.69, 9.17) is 5.11 Å². The third kappa shape index (κ3) is 5.89. The smallest absolute Gasteiger partial charge is 0.303 e. The minimum absolute atomic E-state index is 0.328. The van der Waals surface area contributed by atoms with Crippen LogP contribution in [0.1, 0.15) is 40.0 Å². The summed E-state index contributed by atoms with van der Waals surface area (Å²) in [4.78, 5) is 10.4. The molecule has 0 unspecified atom stereocenters. The highest BCUT2D eigenvalue weighted by atomic mass is 16.4. The molecule has 0 aliphatic carbocycles. The van der Waals surface area contributed by atoms with Crippen molar-refractivity contribution in [2.24, 2.45) is 11.8 Å². The lowest BCUT2D eigenvalue weighted by atomic mass is 9.92. The molecule has 0 saturated heterocycles. The van der Waals surface area contributed by atoms with Crippen molar-refractivity contribution in [3.63, 3.8) is 0 Å². The average molecular weight is 158 g/mol. The standard InChI is InChI=1S/C9H18O2/c1-4-8(5-7(2)3)6-9(10)11/h7-8H,4-6H2,1-3H3,(H,10,11)/t8-/m0/s1. The maximum atomic E-state index is 10.4. The molecule has 0 rings (SSSR count). The van der Waals surface area contributed by atoms with Crippen molar-refractivity contribution in [1.29, 1.82) is 0 Å². The Hall–Kier alpha value is -0.530. The third-order valence-electron chi connectivity index (χ3n) is 1.85. The highest BCUT2D eigenvalue weighted by Crippen LogP contribution is 2.18. The van der Waals surface area contributed by atoms with Crippen molar-refractivity contribution >= 4 is 5.97 Å². The van der Waals surface area contributed by atoms with Gasteiger partial charge in [-0.2, -0.15) is 0 Å². The Labute approximate surface area is 68.6 Å². The van der Waals surface area contributed by atoms with Crippen molar-refractivity contribution in [2.45, 2.75) is 40.0 Å². The molecule has 0 saturated carbocycles. The predicted octanol–water partition coefficient (Wildman–Crippen LogP) is 2.53. The van der Waals surface area contributed by atoms with Crippen LogP contribution in [0, 0.1) is 11.8 Å². The highest BCUT2D eigenvalue weighted by Gasteiger charge is 2.11. The Balaban J connectivity index is 3.66. The number of carboxylic acid groups (broad SMARTS) is 1. The SMILES string of the molecule is CC[C@H](CC(=O)O)CC(C)C. The Kier molecular flexibility index (Phi) is 4.92. The number of aliphatic carboxylic acids is 1. The highest BCUT2D eigenvalue weighted by molar-refractivity contribution is 5.66. The van der Waals surface area contributed by atoms with E-state index in [-0.39, 0.29) is 0 Å². The fourth-order valence-corrected chi connectivity index (χ4v) is 1.31. The lowest BCUT2D eigenvalue weighted by Crippen LogP contribution is -2.09. The molecule has 0 aliphatic heterocycles. The van der Waals surface area contributed by atoms with Crippen LogP contribution in [0.3, 0.4) is 0 Å². The zero-order valence-corrected chi connectivity index (χ0v) is 7.63. The summed E-state index contributed by atoms with van der Waals surface area (Å²) in [5.41, 5.74) is 0. The van der Waals surface area contributed by atoms with Gasteiger partial charge in [0.05, 0.1) is 0 Å². The van der Waals surface area contributed by atoms with E-state index in [1.54, 1.807) is 0 Å². The van der Waals surface area contributed by atoms with E-state index in [2.05, 4.69) is 20.8 Å². The minimum Gasteiger partial charge on any atom is -0.481 e. The number of rotatable bonds is 5. The summed E-state index contributed by atoms with van der Waals surface area (Å²) in [6.07, 6.45) is 2.34. The van der Waals surface area contributed by atoms with Crippen LogP contribution in [0.2, 0.25) is 0 Å². The Bertz CT molecular complexity index is 119. The summed E-state index contributed by atoms with van der Waals surface area (Å²) < 4.78 is 0. The summed E-state index contributed by atoms with van der Waals surface area (Å²) >= 11 is 0. The summed E-state index contributed by atoms with van der Waals surface area (Å²) in [5.74, 6) is 0.310. The molecule has 0 amide bonds. The van der Waals surface area contributed by atoms with Crippen molar-refractivity contribution in [3.05, 3.63) is 0 Å². The normalized spacial score (nSPS) is 13.5. The summed E-state index contributed by atoms with van der Waals surface area (Å²) in [6.45, 7) is 6.31. The van der Waals surface area contributed by atoms with Crippen molar-refractivity contribution in [2.75, 3.05) is 0 Å². The lowest BCUT2D eigenvalue weighted by Gasteiger charge is -2.13. The molecule has 1 atom stereocenters. The van der Waals surface area contributed by atoms with Gasteiger partial charge in [0.15, 0.2) is 0 Å². The van der Waals surface area contributed by atoms with Crippen LogP contribution < -0.4 is 0 Å². The fraction of sp³-hybridized carbons (Fsp3) is 0.889. The first kappa shape index (κ1) is 10.5. The summed E-state index contributed by atoms with van der Waals surface area (Å²) in [5, 5.41) is 8.53. The first-order valence-corrected chi connectivity index (χ1v) is 4.28. The molecular weight excluding hydrogens is 140 g/mol. The van der Waals surface area contributed by atoms with Crippen LogP contribution in [0.25, 0.3) is 0 Å². The topological polar surface area (TPSA) is 37.3 Å². The fourth-order valence-electron chi connectivity index (χ4n) is 1.31. The molecule has 0 radical (unpaired) electrons. The van der Waals surface area contributed by atoms with Gasteiger partial charge in [-0.15, -0.1) is 0 Å². The van der Waals surface area contributed by atoms with E-state index in [1.807, 2.05) is 0 Å². The van der Waals surface area contributed by atoms with Gasteiger partial charge in [0.2, 0.25) is 0 Å². The van der Waals surface area contributed by atoms with Gasteiger partial charge >= 0.3 is 5.97 Å². The number of carboxylic acids is 1. The molecule has 0 aromatic rings. The predicted molar refractivity (Wildman–Crippen MR) is 45.5 cm³/mol. The van der Waals surface area contributed by atoms with Crippen molar-refractivity contribution < 1.29 is 9.90 Å². The molecule has 2 nitrogen and oxygen atoms in total. The maximum absolute atomic E-state index is 10.4. The van der Waals surface area contributed by atoms with Crippen molar-refractivity contribution in [1.82, 2.24) is 0 Å². The van der Waals surface area contributed by atoms with Gasteiger partial charge in [0, 0.05) is 6.42 Å². The molecule has 11 heavy (non-hydrogen) atoms. The first-order chi connectivity index (χ1) is 5.06. The molecule has 0 heterocycles. The van der Waals surface area contributed by atoms with Gasteiger partial charge in [-0.05, 0) is 18.3 Å². The van der Waals surface area contributed by atoms with E-state index < -0.39 is 5.97 Å². The van der Waals surface area contributed by atoms with Crippen LogP contribution in [-0.4, -0.2) is 11.1 Å². The second kappa shape index (κ2) is 5.16. The average Bonchev–Trinajstić information content (AvgIpc) is 1.84. The van der Waals surface area contributed by atoms with Gasteiger partial charge < -0.3 is 5.11 Å². The second-order valence-corrected chi connectivity index (χ2v) is 3.50. The van der Waals surface area contributed by atoms with E-state index in [1.165, 1.54) is 0 Å². The Morgan fingerprint density at radius 3 is 2.27 bits per heavy atom. The largest absolute Gasteiger partial charge is 0.481 e. The molecule has 0 fully saturated rings. The van der Waals surface area contributed by atoms with Gasteiger partial charge in [-0.3, -0.25) is 4.79 Å². The second-order valence-electron chi connectivity index (χ2n) is 3.50. The van der Waals surface area contributed by atoms with Crippen LogP contribution in [0.4, 0.5) is 0 Å². The molecule has 0 bridgehead atoms. The van der Waals surface area contributed by atoms with E-state index in [0.717, 1.165) is 12.8 Å². The molecular formula is C9H18O2. The molecule has 1 N–H and O–H groups in total. The zero-order chi connectivity index (χ0) is 8.85. The Morgan fingerprint density at radius 2 is 2.00 bits per heavy atom. The van der Waals surface area contributed by atoms with Gasteiger partial charge in [0.25, 0.3) is 0 Å². The summed E-state index contributed by atoms with van der Waals surface area (Å²) in [6, 6.07) is 0. The van der Waals surface area contributed by atoms with Gasteiger partial charge in [-0.25, -0.2) is 0 Å². The number of hydrogen-bond donors (Lipinski definition) is 1. The molecule has 2 heteroatoms. The number of hydrogen-bond acceptors (Lipinski definition) is 1. The van der Waals surface area contributed by atoms with E-state index >= 15 is 0 Å². The zero-order valence-electron chi connectivity index (χ0n) is 7.63. The third-order valence-corrected chi connectivity index (χ3v) is 1.85. The first-order valence-electron chi connectivity index (χ1n) is 4.28. The molecule has 0 spiro atoms. The monoisotopic (exact) mass is 158 g/mol. The Morgan fingerprint density at radius 1 is 1.45 bits per heavy atom. The summed E-state index contributed by atoms with van der Waals surface area (Å²) in [7, 11) is 0. The van der Waals surface area contributed by atoms with Crippen LogP contribution in [0.5, 0.6) is 0 Å². The molecule has 0 aromatic heterocycles. The lowest BCUT2D eigenvalue weighted by molar-refractivity contribution is -0.138.